The van der Waals surface area contributed by atoms with Gasteiger partial charge in [0.2, 0.25) is 0 Å². The molecule has 2 heteroatoms. The van der Waals surface area contributed by atoms with Gasteiger partial charge < -0.3 is 11.1 Å². The Bertz CT molecular complexity index is 244. The Morgan fingerprint density at radius 2 is 1.47 bits per heavy atom. The molecule has 17 heavy (non-hydrogen) atoms. The fourth-order valence-electron chi connectivity index (χ4n) is 4.65. The van der Waals surface area contributed by atoms with Gasteiger partial charge >= 0.3 is 0 Å². The van der Waals surface area contributed by atoms with Crippen molar-refractivity contribution in [2.24, 2.45) is 11.1 Å². The zero-order valence-electron chi connectivity index (χ0n) is 11.1. The Balaban J connectivity index is 1.57. The standard InChI is InChI=1S/C15H28N2/c16-12-5-7-13(8-6-12)17-14-4-3-11-15(14)9-1-2-10-15/h12-14,17H,1-11,16H2. The van der Waals surface area contributed by atoms with E-state index in [1.807, 2.05) is 0 Å². The predicted octanol–water partition coefficient (Wildman–Crippen LogP) is 2.96. The summed E-state index contributed by atoms with van der Waals surface area (Å²) in [6, 6.07) is 2.09. The maximum absolute atomic E-state index is 5.99. The SMILES string of the molecule is NC1CCC(NC2CCCC23CCCC3)CC1. The molecule has 3 aliphatic rings. The van der Waals surface area contributed by atoms with E-state index in [0.29, 0.717) is 11.5 Å². The van der Waals surface area contributed by atoms with Gasteiger partial charge in [0.05, 0.1) is 0 Å². The van der Waals surface area contributed by atoms with Crippen molar-refractivity contribution in [2.75, 3.05) is 0 Å². The highest BCUT2D eigenvalue weighted by Gasteiger charge is 2.44. The minimum atomic E-state index is 0.483. The molecule has 1 atom stereocenters. The zero-order valence-corrected chi connectivity index (χ0v) is 11.1. The Labute approximate surface area is 106 Å². The third-order valence-electron chi connectivity index (χ3n) is 5.71. The van der Waals surface area contributed by atoms with Crippen LogP contribution in [0, 0.1) is 5.41 Å². The van der Waals surface area contributed by atoms with E-state index in [0.717, 1.165) is 12.1 Å². The molecule has 0 heterocycles. The molecule has 0 aliphatic heterocycles. The van der Waals surface area contributed by atoms with Gasteiger partial charge in [0.15, 0.2) is 0 Å². The fourth-order valence-corrected chi connectivity index (χ4v) is 4.65. The van der Waals surface area contributed by atoms with Crippen molar-refractivity contribution < 1.29 is 0 Å². The maximum Gasteiger partial charge on any atom is 0.0126 e. The first-order valence-corrected chi connectivity index (χ1v) is 7.80. The minimum Gasteiger partial charge on any atom is -0.328 e. The van der Waals surface area contributed by atoms with Gasteiger partial charge in [-0.2, -0.15) is 0 Å². The van der Waals surface area contributed by atoms with Crippen molar-refractivity contribution in [3.05, 3.63) is 0 Å². The lowest BCUT2D eigenvalue weighted by molar-refractivity contribution is 0.198. The lowest BCUT2D eigenvalue weighted by atomic mass is 9.79. The number of nitrogens with one attached hydrogen (secondary N) is 1. The first-order valence-electron chi connectivity index (χ1n) is 7.80. The minimum absolute atomic E-state index is 0.483. The van der Waals surface area contributed by atoms with Crippen molar-refractivity contribution in [1.82, 2.24) is 5.32 Å². The summed E-state index contributed by atoms with van der Waals surface area (Å²) in [6.07, 6.45) is 15.4. The first kappa shape index (κ1) is 12.0. The second kappa shape index (κ2) is 4.89. The van der Waals surface area contributed by atoms with E-state index < -0.39 is 0 Å². The van der Waals surface area contributed by atoms with Crippen molar-refractivity contribution in [3.63, 3.8) is 0 Å². The maximum atomic E-state index is 5.99. The molecule has 98 valence electrons. The molecule has 0 aromatic carbocycles. The molecule has 3 aliphatic carbocycles. The van der Waals surface area contributed by atoms with Crippen LogP contribution >= 0.6 is 0 Å². The Morgan fingerprint density at radius 3 is 2.18 bits per heavy atom. The molecule has 0 radical (unpaired) electrons. The summed E-state index contributed by atoms with van der Waals surface area (Å²) in [6.45, 7) is 0. The summed E-state index contributed by atoms with van der Waals surface area (Å²) >= 11 is 0. The summed E-state index contributed by atoms with van der Waals surface area (Å²) < 4.78 is 0. The van der Waals surface area contributed by atoms with Crippen LogP contribution in [0.2, 0.25) is 0 Å². The van der Waals surface area contributed by atoms with Crippen LogP contribution in [0.25, 0.3) is 0 Å². The highest BCUT2D eigenvalue weighted by molar-refractivity contribution is 5.00. The van der Waals surface area contributed by atoms with Crippen LogP contribution in [0.3, 0.4) is 0 Å². The van der Waals surface area contributed by atoms with Crippen molar-refractivity contribution in [3.8, 4) is 0 Å². The molecular weight excluding hydrogens is 208 g/mol. The van der Waals surface area contributed by atoms with Gasteiger partial charge in [-0.05, 0) is 56.8 Å². The van der Waals surface area contributed by atoms with Gasteiger partial charge in [0.25, 0.3) is 0 Å². The van der Waals surface area contributed by atoms with Crippen molar-refractivity contribution in [2.45, 2.75) is 88.8 Å². The van der Waals surface area contributed by atoms with E-state index in [1.54, 1.807) is 0 Å². The van der Waals surface area contributed by atoms with E-state index in [4.69, 9.17) is 5.73 Å². The Kier molecular flexibility index (Phi) is 3.45. The number of nitrogens with two attached hydrogens (primary N) is 1. The van der Waals surface area contributed by atoms with Crippen LogP contribution in [0.15, 0.2) is 0 Å². The molecule has 3 saturated carbocycles. The van der Waals surface area contributed by atoms with Gasteiger partial charge in [0.1, 0.15) is 0 Å². The van der Waals surface area contributed by atoms with E-state index in [9.17, 15) is 0 Å². The van der Waals surface area contributed by atoms with Crippen LogP contribution in [-0.4, -0.2) is 18.1 Å². The summed E-state index contributed by atoms with van der Waals surface area (Å²) in [7, 11) is 0. The van der Waals surface area contributed by atoms with E-state index in [2.05, 4.69) is 5.32 Å². The summed E-state index contributed by atoms with van der Waals surface area (Å²) in [4.78, 5) is 0. The molecule has 1 unspecified atom stereocenters. The van der Waals surface area contributed by atoms with E-state index in [1.165, 1.54) is 70.6 Å². The normalized spacial score (nSPS) is 41.1. The smallest absolute Gasteiger partial charge is 0.0126 e. The molecule has 0 saturated heterocycles. The van der Waals surface area contributed by atoms with Gasteiger partial charge in [-0.3, -0.25) is 0 Å². The summed E-state index contributed by atoms with van der Waals surface area (Å²) in [5.74, 6) is 0. The molecule has 2 nitrogen and oxygen atoms in total. The fraction of sp³-hybridized carbons (Fsp3) is 1.00. The van der Waals surface area contributed by atoms with E-state index in [-0.39, 0.29) is 0 Å². The van der Waals surface area contributed by atoms with E-state index >= 15 is 0 Å². The Hall–Kier alpha value is -0.0800. The summed E-state index contributed by atoms with van der Waals surface area (Å²) in [5, 5.41) is 4.02. The summed E-state index contributed by atoms with van der Waals surface area (Å²) in [5.41, 5.74) is 6.70. The molecule has 1 spiro atoms. The van der Waals surface area contributed by atoms with Gasteiger partial charge in [-0.1, -0.05) is 19.3 Å². The molecule has 0 amide bonds. The molecule has 3 fully saturated rings. The largest absolute Gasteiger partial charge is 0.328 e. The van der Waals surface area contributed by atoms with Crippen LogP contribution in [0.5, 0.6) is 0 Å². The van der Waals surface area contributed by atoms with Crippen LogP contribution in [0.4, 0.5) is 0 Å². The molecule has 0 bridgehead atoms. The molecule has 3 rings (SSSR count). The van der Waals surface area contributed by atoms with Crippen LogP contribution in [-0.2, 0) is 0 Å². The second-order valence-corrected chi connectivity index (χ2v) is 6.79. The number of rotatable bonds is 2. The van der Waals surface area contributed by atoms with Gasteiger partial charge in [-0.25, -0.2) is 0 Å². The predicted molar refractivity (Wildman–Crippen MR) is 71.9 cm³/mol. The average molecular weight is 236 g/mol. The molecule has 0 aromatic heterocycles. The van der Waals surface area contributed by atoms with Crippen molar-refractivity contribution >= 4 is 0 Å². The zero-order chi connectivity index (χ0) is 11.7. The average Bonchev–Trinajstić information content (AvgIpc) is 2.95. The molecular formula is C15H28N2. The van der Waals surface area contributed by atoms with Gasteiger partial charge in [0, 0.05) is 18.1 Å². The van der Waals surface area contributed by atoms with Crippen LogP contribution < -0.4 is 11.1 Å². The van der Waals surface area contributed by atoms with Crippen molar-refractivity contribution in [1.29, 1.82) is 0 Å². The first-order chi connectivity index (χ1) is 8.28. The van der Waals surface area contributed by atoms with Crippen LogP contribution in [0.1, 0.15) is 70.6 Å². The second-order valence-electron chi connectivity index (χ2n) is 6.79. The number of hydrogen-bond donors (Lipinski definition) is 2. The lowest BCUT2D eigenvalue weighted by Gasteiger charge is -2.37. The quantitative estimate of drug-likeness (QED) is 0.773. The Morgan fingerprint density at radius 1 is 0.824 bits per heavy atom. The topological polar surface area (TPSA) is 38.0 Å². The molecule has 3 N–H and O–H groups in total. The third kappa shape index (κ3) is 2.39. The third-order valence-corrected chi connectivity index (χ3v) is 5.71. The highest BCUT2D eigenvalue weighted by atomic mass is 15.0. The lowest BCUT2D eigenvalue weighted by Crippen LogP contribution is -2.47. The highest BCUT2D eigenvalue weighted by Crippen LogP contribution is 2.50. The molecule has 0 aromatic rings. The monoisotopic (exact) mass is 236 g/mol. The number of hydrogen-bond acceptors (Lipinski definition) is 2. The van der Waals surface area contributed by atoms with Gasteiger partial charge in [-0.15, -0.1) is 0 Å².